The van der Waals surface area contributed by atoms with Crippen LogP contribution in [0.3, 0.4) is 0 Å². The molecule has 0 radical (unpaired) electrons. The van der Waals surface area contributed by atoms with Crippen LogP contribution in [0.15, 0.2) is 48.5 Å². The Bertz CT molecular complexity index is 677. The van der Waals surface area contributed by atoms with Gasteiger partial charge in [-0.3, -0.25) is 9.69 Å². The van der Waals surface area contributed by atoms with E-state index >= 15 is 0 Å². The highest BCUT2D eigenvalue weighted by atomic mass is 35.5. The van der Waals surface area contributed by atoms with Gasteiger partial charge in [0.2, 0.25) is 0 Å². The van der Waals surface area contributed by atoms with Gasteiger partial charge in [0, 0.05) is 49.0 Å². The summed E-state index contributed by atoms with van der Waals surface area (Å²) in [6.45, 7) is 5.40. The van der Waals surface area contributed by atoms with Crippen LogP contribution in [-0.4, -0.2) is 48.9 Å². The van der Waals surface area contributed by atoms with Crippen molar-refractivity contribution < 1.29 is 4.79 Å². The lowest BCUT2D eigenvalue weighted by molar-refractivity contribution is 0.102. The van der Waals surface area contributed by atoms with E-state index in [-0.39, 0.29) is 5.91 Å². The molecule has 1 amide bonds. The van der Waals surface area contributed by atoms with Crippen LogP contribution >= 0.6 is 11.6 Å². The first kappa shape index (κ1) is 17.0. The van der Waals surface area contributed by atoms with Crippen molar-refractivity contribution in [1.29, 1.82) is 0 Å². The molecule has 2 aromatic carbocycles. The number of nitrogens with one attached hydrogen (secondary N) is 1. The van der Waals surface area contributed by atoms with E-state index < -0.39 is 0 Å². The number of hydrogen-bond donors (Lipinski definition) is 1. The minimum atomic E-state index is -0.126. The fourth-order valence-electron chi connectivity index (χ4n) is 2.76. The quantitative estimate of drug-likeness (QED) is 0.924. The van der Waals surface area contributed by atoms with Crippen LogP contribution in [0.25, 0.3) is 0 Å². The zero-order valence-corrected chi connectivity index (χ0v) is 14.6. The zero-order valence-electron chi connectivity index (χ0n) is 13.8. The first-order valence-corrected chi connectivity index (χ1v) is 8.55. The highest BCUT2D eigenvalue weighted by Gasteiger charge is 2.13. The lowest BCUT2D eigenvalue weighted by atomic mass is 10.1. The van der Waals surface area contributed by atoms with Crippen molar-refractivity contribution in [3.63, 3.8) is 0 Å². The van der Waals surface area contributed by atoms with E-state index in [2.05, 4.69) is 34.3 Å². The lowest BCUT2D eigenvalue weighted by Gasteiger charge is -2.32. The number of carbonyl (C=O) groups is 1. The Morgan fingerprint density at radius 3 is 2.25 bits per heavy atom. The predicted octanol–water partition coefficient (Wildman–Crippen LogP) is 3.34. The molecule has 1 heterocycles. The number of piperazine rings is 1. The summed E-state index contributed by atoms with van der Waals surface area (Å²) < 4.78 is 0. The summed E-state index contributed by atoms with van der Waals surface area (Å²) in [5, 5.41) is 3.54. The number of hydrogen-bond acceptors (Lipinski definition) is 3. The Morgan fingerprint density at radius 2 is 1.62 bits per heavy atom. The highest BCUT2D eigenvalue weighted by Crippen LogP contribution is 2.15. The van der Waals surface area contributed by atoms with E-state index in [1.165, 1.54) is 5.56 Å². The van der Waals surface area contributed by atoms with Crippen molar-refractivity contribution in [2.75, 3.05) is 38.5 Å². The number of halogens is 1. The number of benzene rings is 2. The van der Waals surface area contributed by atoms with Gasteiger partial charge in [-0.1, -0.05) is 23.7 Å². The maximum Gasteiger partial charge on any atom is 0.255 e. The van der Waals surface area contributed by atoms with Crippen molar-refractivity contribution in [1.82, 2.24) is 9.80 Å². The third-order valence-corrected chi connectivity index (χ3v) is 4.57. The minimum Gasteiger partial charge on any atom is -0.322 e. The van der Waals surface area contributed by atoms with Crippen LogP contribution in [0.2, 0.25) is 5.02 Å². The number of nitrogens with zero attached hydrogens (tertiary/aromatic N) is 2. The monoisotopic (exact) mass is 343 g/mol. The topological polar surface area (TPSA) is 35.6 Å². The van der Waals surface area contributed by atoms with Crippen molar-refractivity contribution in [3.05, 3.63) is 64.7 Å². The summed E-state index contributed by atoms with van der Waals surface area (Å²) in [5.41, 5.74) is 2.67. The smallest absolute Gasteiger partial charge is 0.255 e. The van der Waals surface area contributed by atoms with Gasteiger partial charge in [0.1, 0.15) is 0 Å². The summed E-state index contributed by atoms with van der Waals surface area (Å²) in [4.78, 5) is 17.0. The Kier molecular flexibility index (Phi) is 5.51. The van der Waals surface area contributed by atoms with Crippen LogP contribution in [0, 0.1) is 0 Å². The minimum absolute atomic E-state index is 0.126. The second-order valence-electron chi connectivity index (χ2n) is 6.24. The van der Waals surface area contributed by atoms with Gasteiger partial charge in [-0.05, 0) is 49.0 Å². The maximum absolute atomic E-state index is 12.2. The molecule has 1 aliphatic heterocycles. The Morgan fingerprint density at radius 1 is 1.00 bits per heavy atom. The summed E-state index contributed by atoms with van der Waals surface area (Å²) in [5.74, 6) is -0.126. The molecule has 0 unspecified atom stereocenters. The Balaban J connectivity index is 1.56. The standard InChI is InChI=1S/C19H22ClN3O/c1-22-10-12-23(13-11-22)14-15-2-8-18(9-3-15)21-19(24)16-4-6-17(20)7-5-16/h2-9H,10-14H2,1H3,(H,21,24). The molecule has 1 fully saturated rings. The second-order valence-corrected chi connectivity index (χ2v) is 6.67. The van der Waals surface area contributed by atoms with Crippen molar-refractivity contribution >= 4 is 23.2 Å². The number of anilines is 1. The Labute approximate surface area is 148 Å². The van der Waals surface area contributed by atoms with Gasteiger partial charge >= 0.3 is 0 Å². The molecule has 2 aromatic rings. The average Bonchev–Trinajstić information content (AvgIpc) is 2.59. The van der Waals surface area contributed by atoms with Gasteiger partial charge in [0.25, 0.3) is 5.91 Å². The molecular weight excluding hydrogens is 322 g/mol. The third kappa shape index (κ3) is 4.57. The molecule has 4 nitrogen and oxygen atoms in total. The summed E-state index contributed by atoms with van der Waals surface area (Å²) in [7, 11) is 2.16. The van der Waals surface area contributed by atoms with Gasteiger partial charge in [-0.15, -0.1) is 0 Å². The van der Waals surface area contributed by atoms with Crippen molar-refractivity contribution in [2.45, 2.75) is 6.54 Å². The van der Waals surface area contributed by atoms with Crippen LogP contribution in [-0.2, 0) is 6.54 Å². The van der Waals surface area contributed by atoms with E-state index in [4.69, 9.17) is 11.6 Å². The lowest BCUT2D eigenvalue weighted by Crippen LogP contribution is -2.43. The van der Waals surface area contributed by atoms with E-state index in [0.29, 0.717) is 10.6 Å². The van der Waals surface area contributed by atoms with Crippen LogP contribution in [0.4, 0.5) is 5.69 Å². The van der Waals surface area contributed by atoms with Gasteiger partial charge in [0.15, 0.2) is 0 Å². The number of rotatable bonds is 4. The van der Waals surface area contributed by atoms with E-state index in [0.717, 1.165) is 38.4 Å². The first-order chi connectivity index (χ1) is 11.6. The predicted molar refractivity (Wildman–Crippen MR) is 98.6 cm³/mol. The molecule has 0 aromatic heterocycles. The van der Waals surface area contributed by atoms with Gasteiger partial charge < -0.3 is 10.2 Å². The molecule has 5 heteroatoms. The molecule has 3 rings (SSSR count). The zero-order chi connectivity index (χ0) is 16.9. The normalized spacial score (nSPS) is 16.1. The van der Waals surface area contributed by atoms with Crippen molar-refractivity contribution in [2.24, 2.45) is 0 Å². The van der Waals surface area contributed by atoms with Crippen molar-refractivity contribution in [3.8, 4) is 0 Å². The summed E-state index contributed by atoms with van der Waals surface area (Å²) in [6, 6.07) is 15.0. The molecule has 0 aliphatic carbocycles. The second kappa shape index (κ2) is 7.79. The molecule has 24 heavy (non-hydrogen) atoms. The molecular formula is C19H22ClN3O. The molecule has 0 bridgehead atoms. The average molecular weight is 344 g/mol. The van der Waals surface area contributed by atoms with E-state index in [1.807, 2.05) is 12.1 Å². The molecule has 0 spiro atoms. The van der Waals surface area contributed by atoms with E-state index in [9.17, 15) is 4.79 Å². The highest BCUT2D eigenvalue weighted by molar-refractivity contribution is 6.30. The maximum atomic E-state index is 12.2. The Hall–Kier alpha value is -1.88. The molecule has 1 N–H and O–H groups in total. The fraction of sp³-hybridized carbons (Fsp3) is 0.316. The fourth-order valence-corrected chi connectivity index (χ4v) is 2.89. The number of amides is 1. The molecule has 0 saturated carbocycles. The summed E-state index contributed by atoms with van der Waals surface area (Å²) in [6.07, 6.45) is 0. The van der Waals surface area contributed by atoms with E-state index in [1.54, 1.807) is 24.3 Å². The van der Waals surface area contributed by atoms with Crippen LogP contribution in [0.1, 0.15) is 15.9 Å². The molecule has 126 valence electrons. The number of carbonyl (C=O) groups excluding carboxylic acids is 1. The summed E-state index contributed by atoms with van der Waals surface area (Å²) >= 11 is 5.84. The SMILES string of the molecule is CN1CCN(Cc2ccc(NC(=O)c3ccc(Cl)cc3)cc2)CC1. The first-order valence-electron chi connectivity index (χ1n) is 8.17. The van der Waals surface area contributed by atoms with Gasteiger partial charge in [-0.25, -0.2) is 0 Å². The third-order valence-electron chi connectivity index (χ3n) is 4.32. The molecule has 1 aliphatic rings. The van der Waals surface area contributed by atoms with Gasteiger partial charge in [-0.2, -0.15) is 0 Å². The molecule has 1 saturated heterocycles. The van der Waals surface area contributed by atoms with Crippen LogP contribution < -0.4 is 5.32 Å². The molecule has 0 atom stereocenters. The number of likely N-dealkylation sites (N-methyl/N-ethyl adjacent to an activating group) is 1. The van der Waals surface area contributed by atoms with Crippen LogP contribution in [0.5, 0.6) is 0 Å². The van der Waals surface area contributed by atoms with Gasteiger partial charge in [0.05, 0.1) is 0 Å². The largest absolute Gasteiger partial charge is 0.322 e.